The zero-order chi connectivity index (χ0) is 20.8. The van der Waals surface area contributed by atoms with Crippen molar-refractivity contribution in [1.29, 1.82) is 0 Å². The highest BCUT2D eigenvalue weighted by Crippen LogP contribution is 2.25. The fourth-order valence-electron chi connectivity index (χ4n) is 3.78. The van der Waals surface area contributed by atoms with Gasteiger partial charge in [0.15, 0.2) is 17.1 Å². The second-order valence-electron chi connectivity index (χ2n) is 7.88. The first kappa shape index (κ1) is 21.7. The minimum Gasteiger partial charge on any atom is -0.483 e. The molecule has 0 radical (unpaired) electrons. The number of aryl methyl sites for hydroxylation is 1. The zero-order valence-corrected chi connectivity index (χ0v) is 18.7. The van der Waals surface area contributed by atoms with Gasteiger partial charge in [-0.25, -0.2) is 0 Å². The van der Waals surface area contributed by atoms with E-state index in [0.29, 0.717) is 17.7 Å². The minimum atomic E-state index is -0.230. The van der Waals surface area contributed by atoms with Crippen molar-refractivity contribution >= 4 is 17.7 Å². The Labute approximate surface area is 177 Å². The number of benzene rings is 1. The molecule has 1 amide bonds. The molecule has 0 unspecified atom stereocenters. The van der Waals surface area contributed by atoms with E-state index in [1.54, 1.807) is 0 Å². The van der Waals surface area contributed by atoms with Gasteiger partial charge in [0, 0.05) is 13.1 Å². The molecule has 1 N–H and O–H groups in total. The van der Waals surface area contributed by atoms with E-state index in [0.717, 1.165) is 29.6 Å². The van der Waals surface area contributed by atoms with Crippen LogP contribution in [-0.4, -0.2) is 32.5 Å². The van der Waals surface area contributed by atoms with Crippen LogP contribution in [0.5, 0.6) is 5.75 Å². The van der Waals surface area contributed by atoms with Gasteiger partial charge in [0.25, 0.3) is 0 Å². The van der Waals surface area contributed by atoms with Crippen molar-refractivity contribution in [2.24, 2.45) is 13.0 Å². The molecule has 0 aliphatic heterocycles. The van der Waals surface area contributed by atoms with E-state index in [-0.39, 0.29) is 12.0 Å². The van der Waals surface area contributed by atoms with Gasteiger partial charge in [-0.3, -0.25) is 4.79 Å². The number of amides is 1. The summed E-state index contributed by atoms with van der Waals surface area (Å²) in [6.07, 6.45) is 5.53. The standard InChI is InChI=1S/C22H32N4O2S/c1-5-17-10-12-18(13-11-17)28-16(3)21-24-25-22(26(21)4)29-14-20(27)23-19-9-7-6-8-15(19)2/h10-13,15-16,19H,5-9,14H2,1-4H3,(H,23,27)/t15-,16+,19+/m0/s1. The Balaban J connectivity index is 1.53. The molecule has 3 rings (SSSR count). The molecular formula is C22H32N4O2S. The largest absolute Gasteiger partial charge is 0.483 e. The van der Waals surface area contributed by atoms with Gasteiger partial charge >= 0.3 is 0 Å². The van der Waals surface area contributed by atoms with Crippen LogP contribution in [0, 0.1) is 5.92 Å². The van der Waals surface area contributed by atoms with E-state index < -0.39 is 0 Å². The van der Waals surface area contributed by atoms with Crippen LogP contribution in [0.4, 0.5) is 0 Å². The van der Waals surface area contributed by atoms with Crippen molar-refractivity contribution in [3.05, 3.63) is 35.7 Å². The van der Waals surface area contributed by atoms with Crippen LogP contribution in [0.3, 0.4) is 0 Å². The first-order valence-corrected chi connectivity index (χ1v) is 11.5. The maximum absolute atomic E-state index is 12.4. The summed E-state index contributed by atoms with van der Waals surface area (Å²) in [7, 11) is 1.92. The quantitative estimate of drug-likeness (QED) is 0.650. The van der Waals surface area contributed by atoms with Crippen molar-refractivity contribution in [2.45, 2.75) is 70.2 Å². The third-order valence-electron chi connectivity index (χ3n) is 5.67. The number of hydrogen-bond donors (Lipinski definition) is 1. The van der Waals surface area contributed by atoms with Crippen molar-refractivity contribution in [3.8, 4) is 5.75 Å². The lowest BCUT2D eigenvalue weighted by molar-refractivity contribution is -0.119. The molecule has 1 fully saturated rings. The predicted octanol–water partition coefficient (Wildman–Crippen LogP) is 4.30. The van der Waals surface area contributed by atoms with Gasteiger partial charge in [0.2, 0.25) is 5.91 Å². The van der Waals surface area contributed by atoms with E-state index in [9.17, 15) is 4.79 Å². The third kappa shape index (κ3) is 5.75. The smallest absolute Gasteiger partial charge is 0.230 e. The summed E-state index contributed by atoms with van der Waals surface area (Å²) < 4.78 is 7.93. The van der Waals surface area contributed by atoms with Crippen LogP contribution in [0.25, 0.3) is 0 Å². The molecule has 0 saturated heterocycles. The van der Waals surface area contributed by atoms with Crippen molar-refractivity contribution in [2.75, 3.05) is 5.75 Å². The first-order chi connectivity index (χ1) is 14.0. The predicted molar refractivity (Wildman–Crippen MR) is 116 cm³/mol. The molecular weight excluding hydrogens is 384 g/mol. The van der Waals surface area contributed by atoms with Gasteiger partial charge in [-0.1, -0.05) is 50.6 Å². The number of carbonyl (C=O) groups is 1. The second-order valence-corrected chi connectivity index (χ2v) is 8.82. The summed E-state index contributed by atoms with van der Waals surface area (Å²) in [5, 5.41) is 12.5. The lowest BCUT2D eigenvalue weighted by Crippen LogP contribution is -2.41. The molecule has 29 heavy (non-hydrogen) atoms. The summed E-state index contributed by atoms with van der Waals surface area (Å²) in [6, 6.07) is 8.42. The van der Waals surface area contributed by atoms with Gasteiger partial charge in [-0.2, -0.15) is 0 Å². The molecule has 1 aliphatic rings. The normalized spacial score (nSPS) is 20.3. The van der Waals surface area contributed by atoms with E-state index in [1.807, 2.05) is 30.7 Å². The summed E-state index contributed by atoms with van der Waals surface area (Å²) >= 11 is 1.42. The molecule has 0 spiro atoms. The Kier molecular flexibility index (Phi) is 7.58. The van der Waals surface area contributed by atoms with Crippen molar-refractivity contribution in [1.82, 2.24) is 20.1 Å². The number of rotatable bonds is 8. The Hall–Kier alpha value is -2.02. The molecule has 2 aromatic rings. The Morgan fingerprint density at radius 1 is 1.28 bits per heavy atom. The average Bonchev–Trinajstić information content (AvgIpc) is 3.09. The van der Waals surface area contributed by atoms with Crippen molar-refractivity contribution in [3.63, 3.8) is 0 Å². The molecule has 158 valence electrons. The SMILES string of the molecule is CCc1ccc(O[C@H](C)c2nnc(SCC(=O)N[C@@H]3CCCC[C@@H]3C)n2C)cc1. The first-order valence-electron chi connectivity index (χ1n) is 10.5. The topological polar surface area (TPSA) is 69.0 Å². The number of thioether (sulfide) groups is 1. The zero-order valence-electron chi connectivity index (χ0n) is 17.9. The number of nitrogens with zero attached hydrogens (tertiary/aromatic N) is 3. The monoisotopic (exact) mass is 416 g/mol. The summed E-state index contributed by atoms with van der Waals surface area (Å²) in [5.74, 6) is 2.53. The highest BCUT2D eigenvalue weighted by atomic mass is 32.2. The Morgan fingerprint density at radius 2 is 2.00 bits per heavy atom. The highest BCUT2D eigenvalue weighted by Gasteiger charge is 2.23. The fraction of sp³-hybridized carbons (Fsp3) is 0.591. The van der Waals surface area contributed by atoms with E-state index in [4.69, 9.17) is 4.74 Å². The van der Waals surface area contributed by atoms with Gasteiger partial charge in [-0.15, -0.1) is 10.2 Å². The molecule has 3 atom stereocenters. The maximum Gasteiger partial charge on any atom is 0.230 e. The van der Waals surface area contributed by atoms with E-state index >= 15 is 0 Å². The molecule has 6 nitrogen and oxygen atoms in total. The highest BCUT2D eigenvalue weighted by molar-refractivity contribution is 7.99. The maximum atomic E-state index is 12.4. The Morgan fingerprint density at radius 3 is 2.69 bits per heavy atom. The van der Waals surface area contributed by atoms with Crippen LogP contribution >= 0.6 is 11.8 Å². The number of aromatic nitrogens is 3. The molecule has 1 aliphatic carbocycles. The number of nitrogens with one attached hydrogen (secondary N) is 1. The second kappa shape index (κ2) is 10.1. The van der Waals surface area contributed by atoms with Gasteiger partial charge in [-0.05, 0) is 49.8 Å². The number of carbonyl (C=O) groups excluding carboxylic acids is 1. The molecule has 7 heteroatoms. The summed E-state index contributed by atoms with van der Waals surface area (Å²) in [5.41, 5.74) is 1.28. The lowest BCUT2D eigenvalue weighted by atomic mass is 9.86. The van der Waals surface area contributed by atoms with Crippen LogP contribution in [0.2, 0.25) is 0 Å². The van der Waals surface area contributed by atoms with Crippen LogP contribution in [0.15, 0.2) is 29.4 Å². The molecule has 1 aromatic carbocycles. The van der Waals surface area contributed by atoms with Crippen molar-refractivity contribution < 1.29 is 9.53 Å². The average molecular weight is 417 g/mol. The Bertz CT molecular complexity index is 806. The molecule has 1 heterocycles. The fourth-order valence-corrected chi connectivity index (χ4v) is 4.50. The summed E-state index contributed by atoms with van der Waals surface area (Å²) in [6.45, 7) is 6.32. The van der Waals surface area contributed by atoms with Gasteiger partial charge < -0.3 is 14.6 Å². The molecule has 1 aromatic heterocycles. The number of ether oxygens (including phenoxy) is 1. The van der Waals surface area contributed by atoms with Crippen LogP contribution in [-0.2, 0) is 18.3 Å². The molecule has 0 bridgehead atoms. The summed E-state index contributed by atoms with van der Waals surface area (Å²) in [4.78, 5) is 12.4. The van der Waals surface area contributed by atoms with E-state index in [1.165, 1.54) is 36.6 Å². The lowest BCUT2D eigenvalue weighted by Gasteiger charge is -2.29. The van der Waals surface area contributed by atoms with Crippen LogP contribution < -0.4 is 10.1 Å². The van der Waals surface area contributed by atoms with E-state index in [2.05, 4.69) is 41.5 Å². The van der Waals surface area contributed by atoms with Crippen LogP contribution in [0.1, 0.15) is 63.9 Å². The third-order valence-corrected chi connectivity index (χ3v) is 6.69. The minimum absolute atomic E-state index is 0.0682. The molecule has 1 saturated carbocycles. The number of hydrogen-bond acceptors (Lipinski definition) is 5. The van der Waals surface area contributed by atoms with Gasteiger partial charge in [0.1, 0.15) is 5.75 Å². The van der Waals surface area contributed by atoms with Gasteiger partial charge in [0.05, 0.1) is 5.75 Å².